The third-order valence-corrected chi connectivity index (χ3v) is 2.98. The summed E-state index contributed by atoms with van der Waals surface area (Å²) >= 11 is 0. The van der Waals surface area contributed by atoms with Gasteiger partial charge in [0.25, 0.3) is 0 Å². The minimum Gasteiger partial charge on any atom is -0.327 e. The lowest BCUT2D eigenvalue weighted by atomic mass is 10.1. The summed E-state index contributed by atoms with van der Waals surface area (Å²) in [7, 11) is 0. The third-order valence-electron chi connectivity index (χ3n) is 2.98. The molecular weight excluding hydrogens is 255 g/mol. The van der Waals surface area contributed by atoms with Gasteiger partial charge >= 0.3 is 6.18 Å². The summed E-state index contributed by atoms with van der Waals surface area (Å²) < 4.78 is 38.6. The van der Waals surface area contributed by atoms with Gasteiger partial charge in [-0.05, 0) is 13.0 Å². The van der Waals surface area contributed by atoms with E-state index in [0.717, 1.165) is 10.9 Å². The molecular formula is C13H16F3N3. The number of aryl methyl sites for hydroxylation is 1. The molecule has 0 spiro atoms. The number of nitrogens with two attached hydrogens (primary N) is 1. The molecule has 1 heterocycles. The van der Waals surface area contributed by atoms with Gasteiger partial charge in [0, 0.05) is 24.4 Å². The number of rotatable bonds is 4. The van der Waals surface area contributed by atoms with E-state index in [1.165, 1.54) is 0 Å². The lowest BCUT2D eigenvalue weighted by molar-refractivity contribution is -0.138. The van der Waals surface area contributed by atoms with Crippen molar-refractivity contribution in [3.63, 3.8) is 0 Å². The van der Waals surface area contributed by atoms with Crippen LogP contribution in [-0.2, 0) is 13.0 Å². The van der Waals surface area contributed by atoms with E-state index >= 15 is 0 Å². The molecule has 0 aliphatic heterocycles. The molecule has 2 aromatic rings. The molecule has 1 aromatic carbocycles. The molecule has 0 saturated heterocycles. The maximum absolute atomic E-state index is 12.3. The highest BCUT2D eigenvalue weighted by Crippen LogP contribution is 2.24. The van der Waals surface area contributed by atoms with Crippen LogP contribution in [0.25, 0.3) is 10.9 Å². The van der Waals surface area contributed by atoms with Crippen LogP contribution in [0.1, 0.15) is 19.0 Å². The second kappa shape index (κ2) is 5.21. The van der Waals surface area contributed by atoms with E-state index in [0.29, 0.717) is 12.2 Å². The summed E-state index contributed by atoms with van der Waals surface area (Å²) in [6.07, 6.45) is -5.09. The van der Waals surface area contributed by atoms with Gasteiger partial charge in [-0.3, -0.25) is 4.68 Å². The van der Waals surface area contributed by atoms with E-state index in [1.807, 2.05) is 31.2 Å². The number of alkyl halides is 3. The molecule has 104 valence electrons. The number of hydrogen-bond donors (Lipinski definition) is 1. The molecule has 3 nitrogen and oxygen atoms in total. The van der Waals surface area contributed by atoms with Gasteiger partial charge in [-0.15, -0.1) is 0 Å². The smallest absolute Gasteiger partial charge is 0.327 e. The number of benzene rings is 1. The predicted octanol–water partition coefficient (Wildman–Crippen LogP) is 2.88. The van der Waals surface area contributed by atoms with E-state index in [-0.39, 0.29) is 6.42 Å². The van der Waals surface area contributed by atoms with Crippen molar-refractivity contribution in [2.75, 3.05) is 0 Å². The SMILES string of the molecule is CCn1nc(CC(N)CC(F)(F)F)c2ccccc21. The van der Waals surface area contributed by atoms with Gasteiger partial charge in [0.05, 0.1) is 17.6 Å². The Hall–Kier alpha value is -1.56. The van der Waals surface area contributed by atoms with Gasteiger partial charge in [0.15, 0.2) is 0 Å². The Morgan fingerprint density at radius 2 is 2.00 bits per heavy atom. The van der Waals surface area contributed by atoms with Gasteiger partial charge < -0.3 is 5.73 Å². The molecule has 2 N–H and O–H groups in total. The van der Waals surface area contributed by atoms with Crippen molar-refractivity contribution < 1.29 is 13.2 Å². The predicted molar refractivity (Wildman–Crippen MR) is 67.8 cm³/mol. The fraction of sp³-hybridized carbons (Fsp3) is 0.462. The van der Waals surface area contributed by atoms with Crippen molar-refractivity contribution in [1.29, 1.82) is 0 Å². The van der Waals surface area contributed by atoms with Gasteiger partial charge in [-0.1, -0.05) is 18.2 Å². The largest absolute Gasteiger partial charge is 0.390 e. The van der Waals surface area contributed by atoms with Crippen LogP contribution in [0.4, 0.5) is 13.2 Å². The fourth-order valence-corrected chi connectivity index (χ4v) is 2.21. The highest BCUT2D eigenvalue weighted by atomic mass is 19.4. The van der Waals surface area contributed by atoms with E-state index in [4.69, 9.17) is 5.73 Å². The van der Waals surface area contributed by atoms with E-state index in [2.05, 4.69) is 5.10 Å². The van der Waals surface area contributed by atoms with Crippen molar-refractivity contribution in [3.05, 3.63) is 30.0 Å². The summed E-state index contributed by atoms with van der Waals surface area (Å²) in [6, 6.07) is 6.55. The Balaban J connectivity index is 2.26. The summed E-state index contributed by atoms with van der Waals surface area (Å²) in [5, 5.41) is 5.22. The van der Waals surface area contributed by atoms with Crippen LogP contribution in [0.3, 0.4) is 0 Å². The zero-order valence-corrected chi connectivity index (χ0v) is 10.6. The molecule has 1 aromatic heterocycles. The number of nitrogens with zero attached hydrogens (tertiary/aromatic N) is 2. The Bertz CT molecular complexity index is 560. The fourth-order valence-electron chi connectivity index (χ4n) is 2.21. The third kappa shape index (κ3) is 3.26. The topological polar surface area (TPSA) is 43.8 Å². The Kier molecular flexibility index (Phi) is 3.80. The molecule has 0 amide bonds. The first-order valence-corrected chi connectivity index (χ1v) is 6.17. The van der Waals surface area contributed by atoms with Crippen LogP contribution in [0.15, 0.2) is 24.3 Å². The Morgan fingerprint density at radius 3 is 2.63 bits per heavy atom. The molecule has 6 heteroatoms. The lowest BCUT2D eigenvalue weighted by Gasteiger charge is -2.12. The Morgan fingerprint density at radius 1 is 1.32 bits per heavy atom. The molecule has 0 radical (unpaired) electrons. The zero-order chi connectivity index (χ0) is 14.0. The average Bonchev–Trinajstić information content (AvgIpc) is 2.65. The molecule has 1 atom stereocenters. The number of para-hydroxylation sites is 1. The maximum atomic E-state index is 12.3. The standard InChI is InChI=1S/C13H16F3N3/c1-2-19-12-6-4-3-5-10(12)11(18-19)7-9(17)8-13(14,15)16/h3-6,9H,2,7-8,17H2,1H3. The van der Waals surface area contributed by atoms with Crippen LogP contribution >= 0.6 is 0 Å². The van der Waals surface area contributed by atoms with Crippen molar-refractivity contribution in [1.82, 2.24) is 9.78 Å². The van der Waals surface area contributed by atoms with Crippen molar-refractivity contribution in [3.8, 4) is 0 Å². The van der Waals surface area contributed by atoms with Crippen molar-refractivity contribution in [2.24, 2.45) is 5.73 Å². The van der Waals surface area contributed by atoms with Gasteiger partial charge in [0.2, 0.25) is 0 Å². The Labute approximate surface area is 109 Å². The summed E-state index contributed by atoms with van der Waals surface area (Å²) in [4.78, 5) is 0. The van der Waals surface area contributed by atoms with Crippen LogP contribution < -0.4 is 5.73 Å². The van der Waals surface area contributed by atoms with E-state index in [9.17, 15) is 13.2 Å². The average molecular weight is 271 g/mol. The molecule has 0 aliphatic rings. The van der Waals surface area contributed by atoms with Crippen LogP contribution in [0.2, 0.25) is 0 Å². The molecule has 1 unspecified atom stereocenters. The van der Waals surface area contributed by atoms with Crippen molar-refractivity contribution in [2.45, 2.75) is 38.5 Å². The monoisotopic (exact) mass is 271 g/mol. The van der Waals surface area contributed by atoms with Crippen molar-refractivity contribution >= 4 is 10.9 Å². The minimum atomic E-state index is -4.23. The van der Waals surface area contributed by atoms with E-state index in [1.54, 1.807) is 4.68 Å². The quantitative estimate of drug-likeness (QED) is 0.929. The number of hydrogen-bond acceptors (Lipinski definition) is 2. The lowest BCUT2D eigenvalue weighted by Crippen LogP contribution is -2.29. The van der Waals surface area contributed by atoms with Gasteiger partial charge in [-0.2, -0.15) is 18.3 Å². The summed E-state index contributed by atoms with van der Waals surface area (Å²) in [5.74, 6) is 0. The second-order valence-corrected chi connectivity index (χ2v) is 4.56. The highest BCUT2D eigenvalue weighted by molar-refractivity contribution is 5.82. The normalized spacial score (nSPS) is 13.9. The maximum Gasteiger partial charge on any atom is 0.390 e. The second-order valence-electron chi connectivity index (χ2n) is 4.56. The molecule has 2 rings (SSSR count). The first-order chi connectivity index (χ1) is 8.90. The molecule has 19 heavy (non-hydrogen) atoms. The molecule has 0 fully saturated rings. The van der Waals surface area contributed by atoms with Crippen LogP contribution in [0.5, 0.6) is 0 Å². The minimum absolute atomic E-state index is 0.132. The molecule has 0 saturated carbocycles. The molecule has 0 bridgehead atoms. The van der Waals surface area contributed by atoms with E-state index < -0.39 is 18.6 Å². The number of aromatic nitrogens is 2. The highest BCUT2D eigenvalue weighted by Gasteiger charge is 2.30. The van der Waals surface area contributed by atoms with Gasteiger partial charge in [0.1, 0.15) is 0 Å². The number of halogens is 3. The van der Waals surface area contributed by atoms with Crippen LogP contribution in [-0.4, -0.2) is 22.0 Å². The first-order valence-electron chi connectivity index (χ1n) is 6.17. The summed E-state index contributed by atoms with van der Waals surface area (Å²) in [6.45, 7) is 2.62. The zero-order valence-electron chi connectivity index (χ0n) is 10.6. The first kappa shape index (κ1) is 13.9. The number of fused-ring (bicyclic) bond motifs is 1. The van der Waals surface area contributed by atoms with Crippen LogP contribution in [0, 0.1) is 0 Å². The molecule has 0 aliphatic carbocycles. The van der Waals surface area contributed by atoms with Gasteiger partial charge in [-0.25, -0.2) is 0 Å². The summed E-state index contributed by atoms with van der Waals surface area (Å²) in [5.41, 5.74) is 7.13.